The fraction of sp³-hybridized carbons (Fsp3) is 0.263. The highest BCUT2D eigenvalue weighted by molar-refractivity contribution is 5.96. The van der Waals surface area contributed by atoms with Crippen LogP contribution >= 0.6 is 0 Å². The number of phenolic OH excluding ortho intramolecular Hbond substituents is 1. The Hall–Kier alpha value is -3.49. The van der Waals surface area contributed by atoms with E-state index in [9.17, 15) is 23.9 Å². The molecule has 3 heterocycles. The number of fused-ring (bicyclic) bond motifs is 2. The maximum atomic E-state index is 14.1. The van der Waals surface area contributed by atoms with Gasteiger partial charge in [0, 0.05) is 31.8 Å². The minimum atomic E-state index is -0.971. The molecule has 8 nitrogen and oxygen atoms in total. The zero-order chi connectivity index (χ0) is 20.0. The molecule has 144 valence electrons. The number of nitrogens with one attached hydrogen (secondary N) is 1. The minimum absolute atomic E-state index is 0.0655. The first-order valence-electron chi connectivity index (χ1n) is 8.75. The molecule has 3 aromatic rings. The van der Waals surface area contributed by atoms with Crippen molar-refractivity contribution in [3.63, 3.8) is 0 Å². The molecule has 4 rings (SSSR count). The fourth-order valence-corrected chi connectivity index (χ4v) is 3.57. The third-order valence-electron chi connectivity index (χ3n) is 4.96. The number of nitrogens with zero attached hydrogens (tertiary/aromatic N) is 3. The Labute approximate surface area is 158 Å². The summed E-state index contributed by atoms with van der Waals surface area (Å²) in [6.07, 6.45) is 3.34. The maximum Gasteiger partial charge on any atom is 0.263 e. The van der Waals surface area contributed by atoms with E-state index in [0.29, 0.717) is 36.3 Å². The van der Waals surface area contributed by atoms with Crippen molar-refractivity contribution < 1.29 is 19.1 Å². The van der Waals surface area contributed by atoms with Gasteiger partial charge in [-0.3, -0.25) is 19.0 Å². The second kappa shape index (κ2) is 6.59. The molecular formula is C19H17FN4O4. The van der Waals surface area contributed by atoms with Gasteiger partial charge >= 0.3 is 0 Å². The summed E-state index contributed by atoms with van der Waals surface area (Å²) in [5.41, 5.74) is 0.426. The first-order chi connectivity index (χ1) is 13.4. The van der Waals surface area contributed by atoms with Gasteiger partial charge in [0.05, 0.1) is 10.9 Å². The number of carbonyl (C=O) groups excluding carboxylic acids is 2. The first kappa shape index (κ1) is 17.9. The number of benzene rings is 1. The van der Waals surface area contributed by atoms with E-state index in [-0.39, 0.29) is 34.5 Å². The molecule has 0 spiro atoms. The number of halogens is 1. The molecule has 9 heteroatoms. The molecule has 2 N–H and O–H groups in total. The molecule has 0 aliphatic carbocycles. The van der Waals surface area contributed by atoms with Crippen molar-refractivity contribution in [2.24, 2.45) is 0 Å². The Kier molecular flexibility index (Phi) is 4.21. The van der Waals surface area contributed by atoms with E-state index in [2.05, 4.69) is 10.3 Å². The normalized spacial score (nSPS) is 12.9. The number of phenols is 1. The average Bonchev–Trinajstić information content (AvgIpc) is 3.29. The fourth-order valence-electron chi connectivity index (χ4n) is 3.57. The van der Waals surface area contributed by atoms with Crippen LogP contribution in [-0.4, -0.2) is 38.5 Å². The van der Waals surface area contributed by atoms with E-state index < -0.39 is 11.6 Å². The highest BCUT2D eigenvalue weighted by Crippen LogP contribution is 2.33. The molecule has 0 saturated heterocycles. The predicted molar refractivity (Wildman–Crippen MR) is 98.8 cm³/mol. The van der Waals surface area contributed by atoms with E-state index in [4.69, 9.17) is 0 Å². The number of amides is 1. The van der Waals surface area contributed by atoms with Crippen molar-refractivity contribution in [3.8, 4) is 16.9 Å². The quantitative estimate of drug-likeness (QED) is 0.658. The van der Waals surface area contributed by atoms with Gasteiger partial charge in [-0.15, -0.1) is 0 Å². The number of aromatic hydroxyl groups is 1. The van der Waals surface area contributed by atoms with Crippen LogP contribution in [0.15, 0.2) is 23.1 Å². The second-order valence-electron chi connectivity index (χ2n) is 6.64. The average molecular weight is 384 g/mol. The lowest BCUT2D eigenvalue weighted by molar-refractivity contribution is -0.121. The lowest BCUT2D eigenvalue weighted by atomic mass is 10.0. The number of likely N-dealkylation sites (N-methyl/N-ethyl adjacent to an activating group) is 1. The molecule has 1 aliphatic heterocycles. The van der Waals surface area contributed by atoms with Crippen molar-refractivity contribution in [2.45, 2.75) is 25.9 Å². The molecular weight excluding hydrogens is 367 g/mol. The number of carbonyl (C=O) groups is 2. The highest BCUT2D eigenvalue weighted by atomic mass is 19.1. The third kappa shape index (κ3) is 2.67. The van der Waals surface area contributed by atoms with Crippen molar-refractivity contribution in [1.29, 1.82) is 0 Å². The zero-order valence-corrected chi connectivity index (χ0v) is 15.0. The van der Waals surface area contributed by atoms with Crippen LogP contribution in [0.2, 0.25) is 0 Å². The first-order valence-corrected chi connectivity index (χ1v) is 8.75. The highest BCUT2D eigenvalue weighted by Gasteiger charge is 2.23. The van der Waals surface area contributed by atoms with Gasteiger partial charge in [0.1, 0.15) is 18.0 Å². The van der Waals surface area contributed by atoms with Gasteiger partial charge in [-0.25, -0.2) is 9.37 Å². The molecule has 0 bridgehead atoms. The van der Waals surface area contributed by atoms with Gasteiger partial charge in [-0.1, -0.05) is 0 Å². The Balaban J connectivity index is 2.04. The van der Waals surface area contributed by atoms with Crippen molar-refractivity contribution >= 4 is 23.2 Å². The molecule has 0 atom stereocenters. The summed E-state index contributed by atoms with van der Waals surface area (Å²) in [7, 11) is 1.50. The van der Waals surface area contributed by atoms with Crippen LogP contribution in [0.3, 0.4) is 0 Å². The van der Waals surface area contributed by atoms with Crippen LogP contribution in [-0.2, 0) is 24.3 Å². The van der Waals surface area contributed by atoms with E-state index in [1.807, 2.05) is 0 Å². The number of rotatable bonds is 4. The van der Waals surface area contributed by atoms with Crippen LogP contribution < -0.4 is 10.9 Å². The molecule has 2 aromatic heterocycles. The van der Waals surface area contributed by atoms with Crippen molar-refractivity contribution in [1.82, 2.24) is 19.4 Å². The summed E-state index contributed by atoms with van der Waals surface area (Å²) in [5, 5.41) is 12.4. The SMILES string of the molecule is CNC(=O)Cn1cc(-c2cc(F)c(O)c(C=O)c2)c2c(=O)n3c(nc21)CCC3. The number of hydrogen-bond donors (Lipinski definition) is 2. The standard InChI is InChI=1S/C19H17FN4O4/c1-21-15(26)8-23-7-12(10-5-11(9-25)17(27)13(20)6-10)16-18(23)22-14-3-2-4-24(14)19(16)28/h5-7,9,27H,2-4,8H2,1H3,(H,21,26). The Morgan fingerprint density at radius 1 is 1.43 bits per heavy atom. The number of aromatic nitrogens is 3. The Morgan fingerprint density at radius 2 is 2.21 bits per heavy atom. The smallest absolute Gasteiger partial charge is 0.263 e. The maximum absolute atomic E-state index is 14.1. The third-order valence-corrected chi connectivity index (χ3v) is 4.96. The molecule has 0 radical (unpaired) electrons. The van der Waals surface area contributed by atoms with E-state index in [0.717, 1.165) is 12.5 Å². The number of hydrogen-bond acceptors (Lipinski definition) is 5. The zero-order valence-electron chi connectivity index (χ0n) is 15.0. The number of aryl methyl sites for hydroxylation is 1. The molecule has 28 heavy (non-hydrogen) atoms. The molecule has 1 amide bonds. The van der Waals surface area contributed by atoms with Gasteiger partial charge in [-0.05, 0) is 24.1 Å². The van der Waals surface area contributed by atoms with E-state index in [1.165, 1.54) is 17.7 Å². The number of aldehydes is 1. The van der Waals surface area contributed by atoms with Crippen molar-refractivity contribution in [2.75, 3.05) is 7.05 Å². The van der Waals surface area contributed by atoms with Crippen LogP contribution in [0.5, 0.6) is 5.75 Å². The van der Waals surface area contributed by atoms with E-state index >= 15 is 0 Å². The predicted octanol–water partition coefficient (Wildman–Crippen LogP) is 1.21. The van der Waals surface area contributed by atoms with Crippen LogP contribution in [0.25, 0.3) is 22.2 Å². The second-order valence-corrected chi connectivity index (χ2v) is 6.64. The summed E-state index contributed by atoms with van der Waals surface area (Å²) in [6, 6.07) is 2.36. The van der Waals surface area contributed by atoms with Gasteiger partial charge in [0.15, 0.2) is 17.9 Å². The molecule has 1 aliphatic rings. The summed E-state index contributed by atoms with van der Waals surface area (Å²) < 4.78 is 17.2. The Morgan fingerprint density at radius 3 is 2.93 bits per heavy atom. The Bertz CT molecular complexity index is 1200. The van der Waals surface area contributed by atoms with E-state index in [1.54, 1.807) is 10.8 Å². The van der Waals surface area contributed by atoms with Crippen molar-refractivity contribution in [3.05, 3.63) is 45.9 Å². The summed E-state index contributed by atoms with van der Waals surface area (Å²) in [6.45, 7) is 0.477. The topological polar surface area (TPSA) is 106 Å². The molecule has 0 saturated carbocycles. The van der Waals surface area contributed by atoms with Crippen LogP contribution in [0.4, 0.5) is 4.39 Å². The van der Waals surface area contributed by atoms with Crippen LogP contribution in [0.1, 0.15) is 22.6 Å². The monoisotopic (exact) mass is 384 g/mol. The van der Waals surface area contributed by atoms with Gasteiger partial charge in [0.2, 0.25) is 5.91 Å². The van der Waals surface area contributed by atoms with Crippen LogP contribution in [0, 0.1) is 5.82 Å². The minimum Gasteiger partial charge on any atom is -0.504 e. The molecule has 0 fully saturated rings. The lowest BCUT2D eigenvalue weighted by Crippen LogP contribution is -2.24. The molecule has 0 unspecified atom stereocenters. The van der Waals surface area contributed by atoms with Gasteiger partial charge < -0.3 is 15.0 Å². The van der Waals surface area contributed by atoms with Gasteiger partial charge in [0.25, 0.3) is 5.56 Å². The lowest BCUT2D eigenvalue weighted by Gasteiger charge is -2.06. The van der Waals surface area contributed by atoms with Gasteiger partial charge in [-0.2, -0.15) is 0 Å². The summed E-state index contributed by atoms with van der Waals surface area (Å²) in [4.78, 5) is 40.7. The largest absolute Gasteiger partial charge is 0.504 e. The summed E-state index contributed by atoms with van der Waals surface area (Å²) in [5.74, 6) is -1.35. The summed E-state index contributed by atoms with van der Waals surface area (Å²) >= 11 is 0. The molecule has 1 aromatic carbocycles.